The Kier molecular flexibility index (Phi) is 4.97. The van der Waals surface area contributed by atoms with Gasteiger partial charge in [0.1, 0.15) is 0 Å². The first-order chi connectivity index (χ1) is 9.49. The van der Waals surface area contributed by atoms with E-state index in [1.54, 1.807) is 11.8 Å². The van der Waals surface area contributed by atoms with Crippen molar-refractivity contribution >= 4 is 23.4 Å². The molecule has 0 spiro atoms. The molecule has 1 aliphatic heterocycles. The molecule has 2 atom stereocenters. The molecule has 0 radical (unpaired) electrons. The fourth-order valence-electron chi connectivity index (χ4n) is 2.90. The fourth-order valence-corrected chi connectivity index (χ4v) is 3.84. The molecular weight excluding hydrogens is 268 g/mol. The van der Waals surface area contributed by atoms with Gasteiger partial charge in [0.15, 0.2) is 0 Å². The van der Waals surface area contributed by atoms with E-state index in [9.17, 15) is 4.79 Å². The molecule has 0 aromatic heterocycles. The van der Waals surface area contributed by atoms with E-state index in [-0.39, 0.29) is 5.91 Å². The average molecular weight is 292 g/mol. The number of piperidine rings is 1. The van der Waals surface area contributed by atoms with Crippen molar-refractivity contribution in [3.05, 3.63) is 23.8 Å². The van der Waals surface area contributed by atoms with Gasteiger partial charge in [0.2, 0.25) is 5.91 Å². The first-order valence-electron chi connectivity index (χ1n) is 7.29. The van der Waals surface area contributed by atoms with Crippen LogP contribution in [0.25, 0.3) is 0 Å². The predicted molar refractivity (Wildman–Crippen MR) is 85.9 cm³/mol. The van der Waals surface area contributed by atoms with Gasteiger partial charge in [0.25, 0.3) is 0 Å². The molecule has 0 bridgehead atoms. The molecule has 110 valence electrons. The molecule has 1 saturated heterocycles. The van der Waals surface area contributed by atoms with Crippen LogP contribution in [-0.4, -0.2) is 28.6 Å². The zero-order valence-electron chi connectivity index (χ0n) is 12.6. The van der Waals surface area contributed by atoms with Gasteiger partial charge in [-0.05, 0) is 57.7 Å². The molecule has 1 heterocycles. The van der Waals surface area contributed by atoms with Gasteiger partial charge in [-0.25, -0.2) is 0 Å². The molecule has 1 aromatic carbocycles. The van der Waals surface area contributed by atoms with Crippen LogP contribution in [0.4, 0.5) is 5.69 Å². The van der Waals surface area contributed by atoms with Crippen molar-refractivity contribution in [2.45, 2.75) is 57.0 Å². The Balaban J connectivity index is 1.99. The van der Waals surface area contributed by atoms with Crippen LogP contribution in [0.15, 0.2) is 23.1 Å². The highest BCUT2D eigenvalue weighted by molar-refractivity contribution is 8.00. The molecule has 2 N–H and O–H groups in total. The largest absolute Gasteiger partial charge is 0.399 e. The normalized spacial score (nSPS) is 22.9. The number of nitrogens with two attached hydrogens (primary N) is 1. The Morgan fingerprint density at radius 2 is 2.00 bits per heavy atom. The lowest BCUT2D eigenvalue weighted by Gasteiger charge is -2.39. The highest BCUT2D eigenvalue weighted by atomic mass is 32.2. The summed E-state index contributed by atoms with van der Waals surface area (Å²) in [6.07, 6.45) is 3.48. The van der Waals surface area contributed by atoms with E-state index in [2.05, 4.69) is 25.7 Å². The quantitative estimate of drug-likeness (QED) is 0.685. The smallest absolute Gasteiger partial charge is 0.233 e. The predicted octanol–water partition coefficient (Wildman–Crippen LogP) is 3.46. The third-order valence-corrected chi connectivity index (χ3v) is 5.19. The van der Waals surface area contributed by atoms with Crippen LogP contribution >= 0.6 is 11.8 Å². The summed E-state index contributed by atoms with van der Waals surface area (Å²) in [5.74, 6) is 0.746. The maximum absolute atomic E-state index is 12.5. The fraction of sp³-hybridized carbons (Fsp3) is 0.562. The van der Waals surface area contributed by atoms with Crippen molar-refractivity contribution in [3.8, 4) is 0 Å². The molecule has 0 aliphatic carbocycles. The summed E-state index contributed by atoms with van der Waals surface area (Å²) in [5.41, 5.74) is 7.74. The van der Waals surface area contributed by atoms with Crippen LogP contribution < -0.4 is 5.73 Å². The van der Waals surface area contributed by atoms with Crippen molar-refractivity contribution in [2.75, 3.05) is 11.5 Å². The Morgan fingerprint density at radius 1 is 1.35 bits per heavy atom. The lowest BCUT2D eigenvalue weighted by atomic mass is 9.98. The van der Waals surface area contributed by atoms with E-state index < -0.39 is 0 Å². The second-order valence-electron chi connectivity index (χ2n) is 5.74. The molecule has 2 rings (SSSR count). The highest BCUT2D eigenvalue weighted by Crippen LogP contribution is 2.27. The summed E-state index contributed by atoms with van der Waals surface area (Å²) in [5, 5.41) is 0. The number of benzene rings is 1. The van der Waals surface area contributed by atoms with E-state index in [0.29, 0.717) is 17.8 Å². The SMILES string of the molecule is Cc1ccc(N)cc1SCC(=O)N1C(C)CCCC1C. The molecule has 2 unspecified atom stereocenters. The number of likely N-dealkylation sites (tertiary alicyclic amines) is 1. The minimum absolute atomic E-state index is 0.247. The van der Waals surface area contributed by atoms with Gasteiger partial charge >= 0.3 is 0 Å². The number of thioether (sulfide) groups is 1. The van der Waals surface area contributed by atoms with Gasteiger partial charge in [0, 0.05) is 22.7 Å². The molecule has 1 amide bonds. The molecule has 1 aromatic rings. The maximum Gasteiger partial charge on any atom is 0.233 e. The standard InChI is InChI=1S/C16H24N2OS/c1-11-7-8-14(17)9-15(11)20-10-16(19)18-12(2)5-4-6-13(18)3/h7-9,12-13H,4-6,10,17H2,1-3H3. The number of amides is 1. The van der Waals surface area contributed by atoms with Crippen molar-refractivity contribution in [1.82, 2.24) is 4.90 Å². The Bertz CT molecular complexity index is 479. The first-order valence-corrected chi connectivity index (χ1v) is 8.27. The number of nitrogen functional groups attached to an aromatic ring is 1. The third kappa shape index (κ3) is 3.48. The molecule has 20 heavy (non-hydrogen) atoms. The monoisotopic (exact) mass is 292 g/mol. The summed E-state index contributed by atoms with van der Waals surface area (Å²) in [4.78, 5) is 15.6. The maximum atomic E-state index is 12.5. The van der Waals surface area contributed by atoms with Crippen molar-refractivity contribution in [3.63, 3.8) is 0 Å². The molecule has 1 aliphatic rings. The summed E-state index contributed by atoms with van der Waals surface area (Å²) < 4.78 is 0. The molecule has 4 heteroatoms. The number of hydrogen-bond acceptors (Lipinski definition) is 3. The summed E-state index contributed by atoms with van der Waals surface area (Å²) in [7, 11) is 0. The number of carbonyl (C=O) groups excluding carboxylic acids is 1. The van der Waals surface area contributed by atoms with Crippen LogP contribution in [0.2, 0.25) is 0 Å². The minimum Gasteiger partial charge on any atom is -0.399 e. The highest BCUT2D eigenvalue weighted by Gasteiger charge is 2.28. The van der Waals surface area contributed by atoms with Crippen molar-refractivity contribution < 1.29 is 4.79 Å². The van der Waals surface area contributed by atoms with Gasteiger partial charge in [-0.1, -0.05) is 6.07 Å². The molecular formula is C16H24N2OS. The Morgan fingerprint density at radius 3 is 2.65 bits per heavy atom. The second kappa shape index (κ2) is 6.53. The number of aryl methyl sites for hydroxylation is 1. The van der Waals surface area contributed by atoms with Crippen LogP contribution in [0, 0.1) is 6.92 Å². The van der Waals surface area contributed by atoms with Crippen LogP contribution in [0.1, 0.15) is 38.7 Å². The van der Waals surface area contributed by atoms with Crippen LogP contribution in [-0.2, 0) is 4.79 Å². The number of hydrogen-bond donors (Lipinski definition) is 1. The summed E-state index contributed by atoms with van der Waals surface area (Å²) in [6, 6.07) is 6.60. The molecule has 0 saturated carbocycles. The van der Waals surface area contributed by atoms with Gasteiger partial charge < -0.3 is 10.6 Å². The number of rotatable bonds is 3. The number of nitrogens with zero attached hydrogens (tertiary/aromatic N) is 1. The zero-order valence-corrected chi connectivity index (χ0v) is 13.4. The van der Waals surface area contributed by atoms with Gasteiger partial charge in [0.05, 0.1) is 5.75 Å². The zero-order chi connectivity index (χ0) is 14.7. The number of anilines is 1. The van der Waals surface area contributed by atoms with Crippen LogP contribution in [0.3, 0.4) is 0 Å². The molecule has 3 nitrogen and oxygen atoms in total. The number of carbonyl (C=O) groups is 1. The van der Waals surface area contributed by atoms with E-state index in [1.807, 2.05) is 18.2 Å². The summed E-state index contributed by atoms with van der Waals surface area (Å²) >= 11 is 1.60. The third-order valence-electron chi connectivity index (χ3n) is 4.04. The Labute approximate surface area is 125 Å². The minimum atomic E-state index is 0.247. The van der Waals surface area contributed by atoms with Gasteiger partial charge in [-0.2, -0.15) is 0 Å². The molecule has 1 fully saturated rings. The Hall–Kier alpha value is -1.16. The van der Waals surface area contributed by atoms with E-state index in [1.165, 1.54) is 12.0 Å². The lowest BCUT2D eigenvalue weighted by molar-refractivity contribution is -0.134. The van der Waals surface area contributed by atoms with Gasteiger partial charge in [-0.15, -0.1) is 11.8 Å². The average Bonchev–Trinajstić information content (AvgIpc) is 2.39. The van der Waals surface area contributed by atoms with E-state index in [0.717, 1.165) is 23.4 Å². The van der Waals surface area contributed by atoms with Gasteiger partial charge in [-0.3, -0.25) is 4.79 Å². The second-order valence-corrected chi connectivity index (χ2v) is 6.76. The van der Waals surface area contributed by atoms with E-state index in [4.69, 9.17) is 5.73 Å². The van der Waals surface area contributed by atoms with Crippen molar-refractivity contribution in [1.29, 1.82) is 0 Å². The first kappa shape index (κ1) is 15.2. The summed E-state index contributed by atoms with van der Waals surface area (Å²) in [6.45, 7) is 6.37. The van der Waals surface area contributed by atoms with Crippen molar-refractivity contribution in [2.24, 2.45) is 0 Å². The van der Waals surface area contributed by atoms with Crippen LogP contribution in [0.5, 0.6) is 0 Å². The van der Waals surface area contributed by atoms with E-state index >= 15 is 0 Å². The topological polar surface area (TPSA) is 46.3 Å². The lowest BCUT2D eigenvalue weighted by Crippen LogP contribution is -2.48.